The number of nitriles is 1. The third-order valence-electron chi connectivity index (χ3n) is 6.40. The highest BCUT2D eigenvalue weighted by molar-refractivity contribution is 7.98. The largest absolute Gasteiger partial charge is 0.324 e. The molecule has 0 bridgehead atoms. The molecule has 11 heteroatoms. The second-order valence-corrected chi connectivity index (χ2v) is 10.5. The number of aromatic nitrogens is 2. The predicted octanol–water partition coefficient (Wildman–Crippen LogP) is 5.68. The Hall–Kier alpha value is -4.72. The van der Waals surface area contributed by atoms with Crippen molar-refractivity contribution in [3.05, 3.63) is 89.1 Å². The highest BCUT2D eigenvalue weighted by Gasteiger charge is 2.36. The van der Waals surface area contributed by atoms with Gasteiger partial charge in [0.05, 0.1) is 17.5 Å². The van der Waals surface area contributed by atoms with Gasteiger partial charge >= 0.3 is 0 Å². The zero-order valence-corrected chi connectivity index (χ0v) is 23.3. The smallest absolute Gasteiger partial charge is 0.291 e. The van der Waals surface area contributed by atoms with Gasteiger partial charge in [-0.1, -0.05) is 42.8 Å². The maximum absolute atomic E-state index is 13.7. The third-order valence-corrected chi connectivity index (χ3v) is 7.74. The summed E-state index contributed by atoms with van der Waals surface area (Å²) in [6.07, 6.45) is 0.0774. The van der Waals surface area contributed by atoms with Crippen molar-refractivity contribution in [2.24, 2.45) is 5.92 Å². The molecule has 1 aliphatic rings. The molecule has 0 saturated heterocycles. The summed E-state index contributed by atoms with van der Waals surface area (Å²) >= 11 is 7.46. The fraction of sp³-hybridized carbons (Fsp3) is 0.133. The lowest BCUT2D eigenvalue weighted by molar-refractivity contribution is -0.134. The summed E-state index contributed by atoms with van der Waals surface area (Å²) in [6, 6.07) is 22.6. The predicted molar refractivity (Wildman–Crippen MR) is 156 cm³/mol. The number of carbonyl (C=O) groups is 4. The Morgan fingerprint density at radius 3 is 2.49 bits per heavy atom. The average molecular weight is 584 g/mol. The van der Waals surface area contributed by atoms with Crippen LogP contribution in [0.4, 0.5) is 11.4 Å². The van der Waals surface area contributed by atoms with Crippen LogP contribution in [-0.4, -0.2) is 33.2 Å². The van der Waals surface area contributed by atoms with Crippen LogP contribution in [0, 0.1) is 17.2 Å². The van der Waals surface area contributed by atoms with Gasteiger partial charge in [0.15, 0.2) is 5.92 Å². The summed E-state index contributed by atoms with van der Waals surface area (Å²) in [6.45, 7) is 1.61. The van der Waals surface area contributed by atoms with Crippen LogP contribution in [0.3, 0.4) is 0 Å². The van der Waals surface area contributed by atoms with Crippen molar-refractivity contribution >= 4 is 58.1 Å². The number of hydrogen-bond donors (Lipinski definition) is 2. The van der Waals surface area contributed by atoms with E-state index in [1.807, 2.05) is 42.5 Å². The first kappa shape index (κ1) is 27.8. The van der Waals surface area contributed by atoms with Gasteiger partial charge in [0.2, 0.25) is 17.5 Å². The molecule has 0 fully saturated rings. The number of anilines is 2. The number of carbonyl (C=O) groups excluding carboxylic acids is 4. The number of Topliss-reactive ketones (excluding diaryl/α,β-unsaturated/α-hetero) is 2. The molecule has 5 rings (SSSR count). The van der Waals surface area contributed by atoms with E-state index in [0.29, 0.717) is 44.7 Å². The summed E-state index contributed by atoms with van der Waals surface area (Å²) in [5.41, 5.74) is 3.27. The quantitative estimate of drug-likeness (QED) is 0.155. The van der Waals surface area contributed by atoms with Gasteiger partial charge in [0.1, 0.15) is 5.69 Å². The van der Waals surface area contributed by atoms with E-state index in [-0.39, 0.29) is 12.1 Å². The van der Waals surface area contributed by atoms with E-state index in [1.165, 1.54) is 17.8 Å². The first-order chi connectivity index (χ1) is 19.8. The molecule has 1 unspecified atom stereocenters. The highest BCUT2D eigenvalue weighted by Crippen LogP contribution is 2.45. The average Bonchev–Trinajstić information content (AvgIpc) is 3.38. The lowest BCUT2D eigenvalue weighted by atomic mass is 9.97. The van der Waals surface area contributed by atoms with Crippen LogP contribution < -0.4 is 10.6 Å². The van der Waals surface area contributed by atoms with Crippen molar-refractivity contribution in [1.82, 2.24) is 9.78 Å². The van der Waals surface area contributed by atoms with E-state index in [1.54, 1.807) is 41.9 Å². The van der Waals surface area contributed by atoms with Gasteiger partial charge in [-0.3, -0.25) is 19.2 Å². The molecular weight excluding hydrogens is 562 g/mol. The summed E-state index contributed by atoms with van der Waals surface area (Å²) < 4.78 is 1.60. The Kier molecular flexibility index (Phi) is 8.01. The fourth-order valence-electron chi connectivity index (χ4n) is 4.40. The van der Waals surface area contributed by atoms with Gasteiger partial charge in [-0.05, 0) is 48.5 Å². The van der Waals surface area contributed by atoms with E-state index in [4.69, 9.17) is 11.6 Å². The topological polar surface area (TPSA) is 134 Å². The van der Waals surface area contributed by atoms with Gasteiger partial charge in [-0.25, -0.2) is 4.68 Å². The summed E-state index contributed by atoms with van der Waals surface area (Å²) in [5.74, 6) is -4.08. The number of nitrogens with one attached hydrogen (secondary N) is 2. The Morgan fingerprint density at radius 2 is 1.78 bits per heavy atom. The van der Waals surface area contributed by atoms with Crippen molar-refractivity contribution in [2.45, 2.75) is 24.0 Å². The molecule has 2 heterocycles. The first-order valence-electron chi connectivity index (χ1n) is 12.6. The number of nitrogens with zero attached hydrogens (tertiary/aromatic N) is 3. The van der Waals surface area contributed by atoms with Gasteiger partial charge in [0.25, 0.3) is 5.91 Å². The van der Waals surface area contributed by atoms with Gasteiger partial charge in [-0.2, -0.15) is 10.4 Å². The minimum absolute atomic E-state index is 0.00500. The number of thioether (sulfide) groups is 1. The van der Waals surface area contributed by atoms with Crippen LogP contribution in [0.15, 0.2) is 77.7 Å². The number of ketones is 2. The minimum Gasteiger partial charge on any atom is -0.324 e. The summed E-state index contributed by atoms with van der Waals surface area (Å²) in [5, 5.41) is 20.1. The third kappa shape index (κ3) is 5.63. The normalized spacial score (nSPS) is 12.3. The Balaban J connectivity index is 1.58. The molecule has 3 aromatic carbocycles. The van der Waals surface area contributed by atoms with Crippen LogP contribution in [0.5, 0.6) is 0 Å². The van der Waals surface area contributed by atoms with Gasteiger partial charge < -0.3 is 10.6 Å². The van der Waals surface area contributed by atoms with E-state index in [9.17, 15) is 24.4 Å². The minimum atomic E-state index is -1.66. The molecule has 1 atom stereocenters. The molecule has 1 aliphatic heterocycles. The van der Waals surface area contributed by atoms with Crippen molar-refractivity contribution in [2.75, 3.05) is 10.6 Å². The number of rotatable bonds is 8. The molecule has 9 nitrogen and oxygen atoms in total. The Morgan fingerprint density at radius 1 is 1.02 bits per heavy atom. The van der Waals surface area contributed by atoms with Crippen LogP contribution in [0.25, 0.3) is 16.9 Å². The van der Waals surface area contributed by atoms with Crippen LogP contribution >= 0.6 is 23.4 Å². The maximum Gasteiger partial charge on any atom is 0.291 e. The molecule has 204 valence electrons. The number of hydrogen-bond acceptors (Lipinski definition) is 7. The fourth-order valence-corrected chi connectivity index (χ4v) is 5.64. The monoisotopic (exact) mass is 583 g/mol. The Labute approximate surface area is 244 Å². The van der Waals surface area contributed by atoms with Crippen molar-refractivity contribution in [3.8, 4) is 23.0 Å². The van der Waals surface area contributed by atoms with Gasteiger partial charge in [0, 0.05) is 44.6 Å². The number of para-hydroxylation sites is 1. The summed E-state index contributed by atoms with van der Waals surface area (Å²) in [7, 11) is 0. The van der Waals surface area contributed by atoms with Crippen LogP contribution in [-0.2, 0) is 20.1 Å². The molecular formula is C30H22ClN5O4S. The van der Waals surface area contributed by atoms with E-state index >= 15 is 0 Å². The Bertz CT molecular complexity index is 1750. The maximum atomic E-state index is 13.7. The van der Waals surface area contributed by atoms with Crippen molar-refractivity contribution in [1.29, 1.82) is 5.26 Å². The SMILES string of the molecule is CCC(=O)C(=O)Nc1ccc2c(c1)-c1c(c(C(=O)C(C#N)C(=O)Nc3cccc(Cl)c3)nn1-c1ccccc1)CS2. The summed E-state index contributed by atoms with van der Waals surface area (Å²) in [4.78, 5) is 51.8. The second-order valence-electron chi connectivity index (χ2n) is 9.08. The number of benzene rings is 3. The zero-order valence-electron chi connectivity index (χ0n) is 21.7. The molecule has 4 aromatic rings. The van der Waals surface area contributed by atoms with Gasteiger partial charge in [-0.15, -0.1) is 11.8 Å². The lowest BCUT2D eigenvalue weighted by Gasteiger charge is -2.19. The number of fused-ring (bicyclic) bond motifs is 3. The van der Waals surface area contributed by atoms with Crippen LogP contribution in [0.2, 0.25) is 5.02 Å². The molecule has 0 spiro atoms. The zero-order chi connectivity index (χ0) is 29.1. The molecule has 0 aliphatic carbocycles. The van der Waals surface area contributed by atoms with E-state index in [0.717, 1.165) is 4.90 Å². The molecule has 1 aromatic heterocycles. The molecule has 41 heavy (non-hydrogen) atoms. The van der Waals surface area contributed by atoms with E-state index < -0.39 is 29.3 Å². The molecule has 0 radical (unpaired) electrons. The standard InChI is InChI=1S/C30H22ClN5O4S/c1-2-24(37)30(40)34-19-11-12-25-21(14-19)27-23(16-41-25)26(35-36(27)20-9-4-3-5-10-20)28(38)22(15-32)29(39)33-18-8-6-7-17(31)13-18/h3-14,22H,2,16H2,1H3,(H,33,39)(H,34,40). The first-order valence-corrected chi connectivity index (χ1v) is 14.0. The van der Waals surface area contributed by atoms with Crippen molar-refractivity contribution < 1.29 is 19.2 Å². The van der Waals surface area contributed by atoms with Crippen molar-refractivity contribution in [3.63, 3.8) is 0 Å². The molecule has 2 N–H and O–H groups in total. The van der Waals surface area contributed by atoms with Crippen LogP contribution in [0.1, 0.15) is 29.4 Å². The molecule has 0 saturated carbocycles. The lowest BCUT2D eigenvalue weighted by Crippen LogP contribution is -2.29. The number of amides is 2. The highest BCUT2D eigenvalue weighted by atomic mass is 35.5. The van der Waals surface area contributed by atoms with E-state index in [2.05, 4.69) is 15.7 Å². The number of halogens is 1. The molecule has 2 amide bonds. The second kappa shape index (κ2) is 11.8.